The summed E-state index contributed by atoms with van der Waals surface area (Å²) in [6.45, 7) is 0.148. The molecule has 0 fully saturated rings. The summed E-state index contributed by atoms with van der Waals surface area (Å²) in [7, 11) is 1.53. The maximum Gasteiger partial charge on any atom is 0.273 e. The van der Waals surface area contributed by atoms with E-state index in [0.29, 0.717) is 5.56 Å². The Hall–Kier alpha value is -1.82. The number of nitro benzene ring substituents is 1. The molecule has 0 aromatic heterocycles. The number of hydrogen-bond acceptors (Lipinski definition) is 4. The monoisotopic (exact) mass is 258 g/mol. The van der Waals surface area contributed by atoms with Crippen molar-refractivity contribution in [2.45, 2.75) is 6.54 Å². The van der Waals surface area contributed by atoms with E-state index in [-0.39, 0.29) is 29.8 Å². The van der Waals surface area contributed by atoms with Crippen molar-refractivity contribution in [2.75, 3.05) is 12.9 Å². The summed E-state index contributed by atoms with van der Waals surface area (Å²) in [5.41, 5.74) is 0.231. The summed E-state index contributed by atoms with van der Waals surface area (Å²) in [5.74, 6) is -0.651. The second-order valence-corrected chi connectivity index (χ2v) is 3.72. The lowest BCUT2D eigenvalue weighted by atomic mass is 10.1. The topological polar surface area (TPSA) is 83.7 Å². The highest BCUT2D eigenvalue weighted by atomic mass is 35.5. The van der Waals surface area contributed by atoms with Gasteiger partial charge in [0.15, 0.2) is 0 Å². The minimum absolute atomic E-state index is 0.148. The lowest BCUT2D eigenvalue weighted by molar-refractivity contribution is -0.384. The van der Waals surface area contributed by atoms with E-state index in [0.717, 1.165) is 6.07 Å². The predicted octanol–water partition coefficient (Wildman–Crippen LogP) is 1.50. The molecule has 0 aliphatic rings. The molecular weight excluding hydrogens is 248 g/mol. The standard InChI is InChI=1S/C10H11ClN2O4/c1-12(10(15)5-11)6-7-2-3-8(13(16)17)4-9(7)14/h2-4,14H,5-6H2,1H3. The van der Waals surface area contributed by atoms with Crippen LogP contribution >= 0.6 is 11.6 Å². The van der Waals surface area contributed by atoms with E-state index in [1.165, 1.54) is 24.1 Å². The molecule has 6 nitrogen and oxygen atoms in total. The Kier molecular flexibility index (Phi) is 4.28. The van der Waals surface area contributed by atoms with Gasteiger partial charge in [0, 0.05) is 25.2 Å². The molecule has 1 amide bonds. The van der Waals surface area contributed by atoms with Crippen LogP contribution in [0.5, 0.6) is 5.75 Å². The Morgan fingerprint density at radius 3 is 2.71 bits per heavy atom. The summed E-state index contributed by atoms with van der Waals surface area (Å²) < 4.78 is 0. The second-order valence-electron chi connectivity index (χ2n) is 3.45. The van der Waals surface area contributed by atoms with E-state index >= 15 is 0 Å². The first-order valence-corrected chi connectivity index (χ1v) is 5.25. The van der Waals surface area contributed by atoms with Crippen LogP contribution in [-0.2, 0) is 11.3 Å². The zero-order valence-corrected chi connectivity index (χ0v) is 9.85. The Bertz CT molecular complexity index is 450. The van der Waals surface area contributed by atoms with Gasteiger partial charge in [-0.1, -0.05) is 0 Å². The Morgan fingerprint density at radius 2 is 2.24 bits per heavy atom. The van der Waals surface area contributed by atoms with Crippen molar-refractivity contribution in [3.63, 3.8) is 0 Å². The van der Waals surface area contributed by atoms with Crippen molar-refractivity contribution in [1.82, 2.24) is 4.90 Å². The van der Waals surface area contributed by atoms with Gasteiger partial charge in [-0.05, 0) is 6.07 Å². The number of carbonyl (C=O) groups is 1. The SMILES string of the molecule is CN(Cc1ccc([N+](=O)[O-])cc1O)C(=O)CCl. The molecule has 0 aliphatic heterocycles. The minimum Gasteiger partial charge on any atom is -0.507 e. The van der Waals surface area contributed by atoms with Crippen LogP contribution in [-0.4, -0.2) is 33.8 Å². The lowest BCUT2D eigenvalue weighted by Gasteiger charge is -2.16. The first kappa shape index (κ1) is 13.2. The highest BCUT2D eigenvalue weighted by molar-refractivity contribution is 6.27. The summed E-state index contributed by atoms with van der Waals surface area (Å²) >= 11 is 5.38. The fourth-order valence-electron chi connectivity index (χ4n) is 1.25. The average molecular weight is 259 g/mol. The molecule has 0 atom stereocenters. The van der Waals surface area contributed by atoms with E-state index in [4.69, 9.17) is 11.6 Å². The molecule has 0 heterocycles. The van der Waals surface area contributed by atoms with Crippen molar-refractivity contribution in [1.29, 1.82) is 0 Å². The highest BCUT2D eigenvalue weighted by Gasteiger charge is 2.13. The Balaban J connectivity index is 2.86. The third kappa shape index (κ3) is 3.32. The van der Waals surface area contributed by atoms with Gasteiger partial charge >= 0.3 is 0 Å². The van der Waals surface area contributed by atoms with Crippen molar-refractivity contribution in [3.8, 4) is 5.75 Å². The number of non-ortho nitro benzene ring substituents is 1. The number of nitrogens with zero attached hydrogens (tertiary/aromatic N) is 2. The minimum atomic E-state index is -0.600. The van der Waals surface area contributed by atoms with Gasteiger partial charge in [0.1, 0.15) is 11.6 Å². The zero-order valence-electron chi connectivity index (χ0n) is 9.09. The zero-order chi connectivity index (χ0) is 13.0. The van der Waals surface area contributed by atoms with Gasteiger partial charge in [-0.25, -0.2) is 0 Å². The smallest absolute Gasteiger partial charge is 0.273 e. The number of phenols is 1. The van der Waals surface area contributed by atoms with Crippen LogP contribution < -0.4 is 0 Å². The number of carbonyl (C=O) groups excluding carboxylic acids is 1. The molecule has 0 aliphatic carbocycles. The van der Waals surface area contributed by atoms with E-state index in [9.17, 15) is 20.0 Å². The largest absolute Gasteiger partial charge is 0.507 e. The molecule has 0 unspecified atom stereocenters. The molecule has 0 radical (unpaired) electrons. The summed E-state index contributed by atoms with van der Waals surface area (Å²) in [4.78, 5) is 22.4. The lowest BCUT2D eigenvalue weighted by Crippen LogP contribution is -2.27. The molecule has 1 aromatic rings. The van der Waals surface area contributed by atoms with Crippen LogP contribution in [0.25, 0.3) is 0 Å². The first-order chi connectivity index (χ1) is 7.95. The molecule has 0 spiro atoms. The quantitative estimate of drug-likeness (QED) is 0.504. The van der Waals surface area contributed by atoms with E-state index in [2.05, 4.69) is 0 Å². The van der Waals surface area contributed by atoms with Crippen molar-refractivity contribution >= 4 is 23.2 Å². The van der Waals surface area contributed by atoms with E-state index in [1.807, 2.05) is 0 Å². The second kappa shape index (κ2) is 5.49. The van der Waals surface area contributed by atoms with Crippen molar-refractivity contribution in [2.24, 2.45) is 0 Å². The first-order valence-electron chi connectivity index (χ1n) is 4.72. The molecule has 1 aromatic carbocycles. The number of aromatic hydroxyl groups is 1. The predicted molar refractivity (Wildman–Crippen MR) is 62.0 cm³/mol. The van der Waals surface area contributed by atoms with Gasteiger partial charge in [0.2, 0.25) is 5.91 Å². The number of rotatable bonds is 4. The molecule has 1 N–H and O–H groups in total. The van der Waals surface area contributed by atoms with Crippen LogP contribution in [0.3, 0.4) is 0 Å². The summed E-state index contributed by atoms with van der Waals surface area (Å²) in [6.07, 6.45) is 0. The number of alkyl halides is 1. The normalized spacial score (nSPS) is 10.0. The number of phenolic OH excluding ortho intramolecular Hbond substituents is 1. The van der Waals surface area contributed by atoms with Crippen molar-refractivity contribution in [3.05, 3.63) is 33.9 Å². The van der Waals surface area contributed by atoms with Gasteiger partial charge in [-0.3, -0.25) is 14.9 Å². The molecule has 92 valence electrons. The van der Waals surface area contributed by atoms with E-state index in [1.54, 1.807) is 0 Å². The molecule has 0 saturated heterocycles. The Labute approximate surface area is 103 Å². The number of halogens is 1. The van der Waals surface area contributed by atoms with Crippen LogP contribution in [0.4, 0.5) is 5.69 Å². The fraction of sp³-hybridized carbons (Fsp3) is 0.300. The van der Waals surface area contributed by atoms with Crippen LogP contribution in [0, 0.1) is 10.1 Å². The third-order valence-electron chi connectivity index (χ3n) is 2.23. The molecule has 17 heavy (non-hydrogen) atoms. The number of amides is 1. The molecule has 1 rings (SSSR count). The summed E-state index contributed by atoms with van der Waals surface area (Å²) in [5, 5.41) is 20.0. The van der Waals surface area contributed by atoms with Gasteiger partial charge in [0.25, 0.3) is 5.69 Å². The van der Waals surface area contributed by atoms with Gasteiger partial charge < -0.3 is 10.0 Å². The Morgan fingerprint density at radius 1 is 1.59 bits per heavy atom. The van der Waals surface area contributed by atoms with Crippen LogP contribution in [0.15, 0.2) is 18.2 Å². The summed E-state index contributed by atoms with van der Waals surface area (Å²) in [6, 6.07) is 3.73. The highest BCUT2D eigenvalue weighted by Crippen LogP contribution is 2.24. The van der Waals surface area contributed by atoms with Crippen molar-refractivity contribution < 1.29 is 14.8 Å². The average Bonchev–Trinajstić information content (AvgIpc) is 2.30. The molecule has 7 heteroatoms. The van der Waals surface area contributed by atoms with Gasteiger partial charge in [0.05, 0.1) is 11.0 Å². The maximum atomic E-state index is 11.2. The number of nitro groups is 1. The molecule has 0 bridgehead atoms. The van der Waals surface area contributed by atoms with Gasteiger partial charge in [-0.15, -0.1) is 11.6 Å². The number of hydrogen-bond donors (Lipinski definition) is 1. The molecule has 0 saturated carbocycles. The van der Waals surface area contributed by atoms with Crippen LogP contribution in [0.2, 0.25) is 0 Å². The maximum absolute atomic E-state index is 11.2. The fourth-order valence-corrected chi connectivity index (χ4v) is 1.45. The molecular formula is C10H11ClN2O4. The van der Waals surface area contributed by atoms with E-state index < -0.39 is 4.92 Å². The third-order valence-corrected chi connectivity index (χ3v) is 2.46. The van der Waals surface area contributed by atoms with Crippen LogP contribution in [0.1, 0.15) is 5.56 Å². The van der Waals surface area contributed by atoms with Gasteiger partial charge in [-0.2, -0.15) is 0 Å². The number of benzene rings is 1.